The van der Waals surface area contributed by atoms with Crippen molar-refractivity contribution in [2.45, 2.75) is 25.3 Å². The van der Waals surface area contributed by atoms with Crippen LogP contribution < -0.4 is 5.32 Å². The quantitative estimate of drug-likeness (QED) is 0.607. The second-order valence-electron chi connectivity index (χ2n) is 4.62. The maximum atomic E-state index is 3.47. The smallest absolute Gasteiger partial charge is 0.0107 e. The summed E-state index contributed by atoms with van der Waals surface area (Å²) in [4.78, 5) is 4.70. The molecule has 1 aliphatic carbocycles. The molecule has 0 aromatic carbocycles. The molecule has 0 atom stereocenters. The molecule has 3 heteroatoms. The van der Waals surface area contributed by atoms with Gasteiger partial charge in [0, 0.05) is 32.2 Å². The first kappa shape index (κ1) is 12.0. The van der Waals surface area contributed by atoms with E-state index in [4.69, 9.17) is 0 Å². The molecule has 0 aromatic heterocycles. The number of nitrogens with zero attached hydrogens (tertiary/aromatic N) is 2. The van der Waals surface area contributed by atoms with Gasteiger partial charge in [-0.05, 0) is 34.0 Å². The van der Waals surface area contributed by atoms with E-state index in [0.29, 0.717) is 0 Å². The van der Waals surface area contributed by atoms with E-state index in [1.54, 1.807) is 0 Å². The molecule has 84 valence electrons. The van der Waals surface area contributed by atoms with Crippen molar-refractivity contribution in [3.63, 3.8) is 0 Å². The normalized spacial score (nSPS) is 17.8. The lowest BCUT2D eigenvalue weighted by Gasteiger charge is -2.34. The maximum Gasteiger partial charge on any atom is 0.0107 e. The Hall–Kier alpha value is -0.120. The Bertz CT molecular complexity index is 143. The van der Waals surface area contributed by atoms with Gasteiger partial charge in [0.25, 0.3) is 0 Å². The Kier molecular flexibility index (Phi) is 5.45. The predicted molar refractivity (Wildman–Crippen MR) is 61.7 cm³/mol. The van der Waals surface area contributed by atoms with E-state index in [-0.39, 0.29) is 0 Å². The summed E-state index contributed by atoms with van der Waals surface area (Å²) in [5.41, 5.74) is 0. The van der Waals surface area contributed by atoms with Gasteiger partial charge in [0.2, 0.25) is 0 Å². The largest absolute Gasteiger partial charge is 0.314 e. The summed E-state index contributed by atoms with van der Waals surface area (Å²) in [5, 5.41) is 3.47. The topological polar surface area (TPSA) is 18.5 Å². The maximum absolute atomic E-state index is 3.47. The third-order valence-electron chi connectivity index (χ3n) is 3.08. The molecule has 0 radical (unpaired) electrons. The second kappa shape index (κ2) is 6.38. The van der Waals surface area contributed by atoms with Crippen molar-refractivity contribution in [2.75, 3.05) is 47.3 Å². The van der Waals surface area contributed by atoms with E-state index in [1.807, 2.05) is 0 Å². The molecule has 1 saturated carbocycles. The van der Waals surface area contributed by atoms with Gasteiger partial charge in [-0.2, -0.15) is 0 Å². The molecule has 0 amide bonds. The van der Waals surface area contributed by atoms with Crippen LogP contribution in [-0.4, -0.2) is 63.2 Å². The van der Waals surface area contributed by atoms with Gasteiger partial charge in [0.1, 0.15) is 0 Å². The lowest BCUT2D eigenvalue weighted by Crippen LogP contribution is -2.41. The van der Waals surface area contributed by atoms with Gasteiger partial charge < -0.3 is 15.1 Å². The highest BCUT2D eigenvalue weighted by molar-refractivity contribution is 4.77. The van der Waals surface area contributed by atoms with Crippen LogP contribution in [0.2, 0.25) is 0 Å². The van der Waals surface area contributed by atoms with Gasteiger partial charge in [-0.15, -0.1) is 0 Å². The molecule has 3 nitrogen and oxygen atoms in total. The minimum Gasteiger partial charge on any atom is -0.314 e. The third-order valence-corrected chi connectivity index (χ3v) is 3.08. The van der Waals surface area contributed by atoms with Crippen LogP contribution in [0.5, 0.6) is 0 Å². The summed E-state index contributed by atoms with van der Waals surface area (Å²) < 4.78 is 0. The molecular weight excluding hydrogens is 174 g/mol. The molecule has 0 saturated heterocycles. The molecule has 1 rings (SSSR count). The zero-order chi connectivity index (χ0) is 10.4. The van der Waals surface area contributed by atoms with Crippen LogP contribution in [0, 0.1) is 0 Å². The van der Waals surface area contributed by atoms with Crippen molar-refractivity contribution < 1.29 is 0 Å². The number of hydrogen-bond donors (Lipinski definition) is 1. The second-order valence-corrected chi connectivity index (χ2v) is 4.62. The minimum absolute atomic E-state index is 0.880. The van der Waals surface area contributed by atoms with Gasteiger partial charge >= 0.3 is 0 Å². The van der Waals surface area contributed by atoms with E-state index in [9.17, 15) is 0 Å². The van der Waals surface area contributed by atoms with Crippen LogP contribution in [0.15, 0.2) is 0 Å². The molecule has 0 unspecified atom stereocenters. The van der Waals surface area contributed by atoms with Crippen LogP contribution in [0.25, 0.3) is 0 Å². The number of nitrogens with one attached hydrogen (secondary N) is 1. The van der Waals surface area contributed by atoms with Gasteiger partial charge in [-0.3, -0.25) is 0 Å². The van der Waals surface area contributed by atoms with Crippen LogP contribution in [-0.2, 0) is 0 Å². The van der Waals surface area contributed by atoms with E-state index >= 15 is 0 Å². The standard InChI is InChI=1S/C11H25N3/c1-13(2)9-7-12-8-10-14(3)11-5-4-6-11/h11-12H,4-10H2,1-3H3. The van der Waals surface area contributed by atoms with Crippen molar-refractivity contribution in [3.8, 4) is 0 Å². The highest BCUT2D eigenvalue weighted by Gasteiger charge is 2.20. The highest BCUT2D eigenvalue weighted by atomic mass is 15.2. The summed E-state index contributed by atoms with van der Waals surface area (Å²) in [6.07, 6.45) is 4.26. The first-order valence-corrected chi connectivity index (χ1v) is 5.76. The molecule has 0 aliphatic heterocycles. The number of likely N-dealkylation sites (N-methyl/N-ethyl adjacent to an activating group) is 2. The molecule has 1 fully saturated rings. The molecular formula is C11H25N3. The van der Waals surface area contributed by atoms with Crippen LogP contribution in [0.4, 0.5) is 0 Å². The Labute approximate surface area is 88.5 Å². The van der Waals surface area contributed by atoms with E-state index < -0.39 is 0 Å². The molecule has 14 heavy (non-hydrogen) atoms. The summed E-state index contributed by atoms with van der Waals surface area (Å²) >= 11 is 0. The van der Waals surface area contributed by atoms with Crippen molar-refractivity contribution in [3.05, 3.63) is 0 Å². The first-order chi connectivity index (χ1) is 6.70. The number of hydrogen-bond acceptors (Lipinski definition) is 3. The molecule has 1 aliphatic rings. The van der Waals surface area contributed by atoms with Crippen molar-refractivity contribution in [1.82, 2.24) is 15.1 Å². The third kappa shape index (κ3) is 4.40. The zero-order valence-electron chi connectivity index (χ0n) is 9.92. The Morgan fingerprint density at radius 2 is 1.71 bits per heavy atom. The molecule has 1 N–H and O–H groups in total. The highest BCUT2D eigenvalue weighted by Crippen LogP contribution is 2.22. The molecule has 0 bridgehead atoms. The van der Waals surface area contributed by atoms with Gasteiger partial charge in [0.05, 0.1) is 0 Å². The number of rotatable bonds is 7. The van der Waals surface area contributed by atoms with Crippen LogP contribution >= 0.6 is 0 Å². The van der Waals surface area contributed by atoms with Crippen molar-refractivity contribution >= 4 is 0 Å². The summed E-state index contributed by atoms with van der Waals surface area (Å²) in [5.74, 6) is 0. The van der Waals surface area contributed by atoms with E-state index in [0.717, 1.165) is 25.7 Å². The summed E-state index contributed by atoms with van der Waals surface area (Å²) in [7, 11) is 6.47. The fourth-order valence-electron chi connectivity index (χ4n) is 1.69. The molecule has 0 aromatic rings. The predicted octanol–water partition coefficient (Wildman–Crippen LogP) is 0.622. The average Bonchev–Trinajstić information content (AvgIpc) is 1.99. The van der Waals surface area contributed by atoms with E-state index in [1.165, 1.54) is 25.8 Å². The summed E-state index contributed by atoms with van der Waals surface area (Å²) in [6, 6.07) is 0.880. The lowest BCUT2D eigenvalue weighted by atomic mass is 9.92. The lowest BCUT2D eigenvalue weighted by molar-refractivity contribution is 0.160. The Balaban J connectivity index is 1.87. The Morgan fingerprint density at radius 3 is 2.21 bits per heavy atom. The molecule has 0 heterocycles. The Morgan fingerprint density at radius 1 is 1.07 bits per heavy atom. The first-order valence-electron chi connectivity index (χ1n) is 5.76. The van der Waals surface area contributed by atoms with Crippen molar-refractivity contribution in [2.24, 2.45) is 0 Å². The average molecular weight is 199 g/mol. The monoisotopic (exact) mass is 199 g/mol. The fourth-order valence-corrected chi connectivity index (χ4v) is 1.69. The summed E-state index contributed by atoms with van der Waals surface area (Å²) in [6.45, 7) is 4.55. The van der Waals surface area contributed by atoms with E-state index in [2.05, 4.69) is 36.3 Å². The van der Waals surface area contributed by atoms with Gasteiger partial charge in [-0.1, -0.05) is 6.42 Å². The molecule has 0 spiro atoms. The van der Waals surface area contributed by atoms with Crippen LogP contribution in [0.3, 0.4) is 0 Å². The van der Waals surface area contributed by atoms with Gasteiger partial charge in [0.15, 0.2) is 0 Å². The SMILES string of the molecule is CN(C)CCNCCN(C)C1CCC1. The minimum atomic E-state index is 0.880. The fraction of sp³-hybridized carbons (Fsp3) is 1.00. The van der Waals surface area contributed by atoms with Crippen LogP contribution in [0.1, 0.15) is 19.3 Å². The van der Waals surface area contributed by atoms with Gasteiger partial charge in [-0.25, -0.2) is 0 Å². The van der Waals surface area contributed by atoms with Crippen molar-refractivity contribution in [1.29, 1.82) is 0 Å². The zero-order valence-corrected chi connectivity index (χ0v) is 9.92.